The molecular weight excluding hydrogens is 426 g/mol. The normalized spacial score (nSPS) is 19.3. The Balaban J connectivity index is 1.39. The van der Waals surface area contributed by atoms with Gasteiger partial charge in [0.25, 0.3) is 5.91 Å². The number of rotatable bonds is 5. The molecule has 2 aromatic rings. The van der Waals surface area contributed by atoms with Crippen LogP contribution in [0.25, 0.3) is 11.1 Å². The summed E-state index contributed by atoms with van der Waals surface area (Å²) in [5, 5.41) is 11.9. The number of carboxylic acids is 1. The molecular formula is C22H20F2N2O6. The highest BCUT2D eigenvalue weighted by atomic mass is 19.1. The molecule has 2 fully saturated rings. The van der Waals surface area contributed by atoms with Crippen LogP contribution in [-0.4, -0.2) is 65.9 Å². The fourth-order valence-electron chi connectivity index (χ4n) is 3.91. The second-order valence-corrected chi connectivity index (χ2v) is 7.57. The van der Waals surface area contributed by atoms with Gasteiger partial charge in [0.15, 0.2) is 5.79 Å². The summed E-state index contributed by atoms with van der Waals surface area (Å²) >= 11 is 0. The Hall–Kier alpha value is -3.37. The van der Waals surface area contributed by atoms with E-state index in [1.54, 1.807) is 0 Å². The second kappa shape index (κ2) is 8.64. The zero-order valence-corrected chi connectivity index (χ0v) is 16.8. The molecule has 8 nitrogen and oxygen atoms in total. The van der Waals surface area contributed by atoms with Crippen LogP contribution >= 0.6 is 0 Å². The van der Waals surface area contributed by atoms with Crippen LogP contribution in [0.4, 0.5) is 8.78 Å². The minimum atomic E-state index is -1.18. The Morgan fingerprint density at radius 1 is 1.09 bits per heavy atom. The number of hydrogen-bond donors (Lipinski definition) is 2. The molecule has 10 heteroatoms. The van der Waals surface area contributed by atoms with Crippen molar-refractivity contribution in [2.75, 3.05) is 26.3 Å². The van der Waals surface area contributed by atoms with Crippen LogP contribution < -0.4 is 5.32 Å². The largest absolute Gasteiger partial charge is 0.480 e. The van der Waals surface area contributed by atoms with Crippen molar-refractivity contribution < 1.29 is 37.7 Å². The smallest absolute Gasteiger partial charge is 0.326 e. The van der Waals surface area contributed by atoms with Crippen molar-refractivity contribution in [1.29, 1.82) is 0 Å². The summed E-state index contributed by atoms with van der Waals surface area (Å²) in [5.41, 5.74) is 0.866. The summed E-state index contributed by atoms with van der Waals surface area (Å²) in [6.45, 7) is 0.204. The number of carbonyl (C=O) groups excluding carboxylic acids is 2. The summed E-state index contributed by atoms with van der Waals surface area (Å²) in [7, 11) is 0. The third-order valence-electron chi connectivity index (χ3n) is 5.50. The predicted molar refractivity (Wildman–Crippen MR) is 107 cm³/mol. The van der Waals surface area contributed by atoms with E-state index >= 15 is 0 Å². The van der Waals surface area contributed by atoms with Crippen LogP contribution in [0.15, 0.2) is 42.5 Å². The molecule has 2 N–H and O–H groups in total. The lowest BCUT2D eigenvalue weighted by Gasteiger charge is -2.23. The monoisotopic (exact) mass is 446 g/mol. The first-order valence-corrected chi connectivity index (χ1v) is 9.92. The first-order valence-electron chi connectivity index (χ1n) is 9.92. The summed E-state index contributed by atoms with van der Waals surface area (Å²) in [5.74, 6) is -4.84. The van der Waals surface area contributed by atoms with E-state index in [0.717, 1.165) is 17.0 Å². The van der Waals surface area contributed by atoms with Gasteiger partial charge >= 0.3 is 5.97 Å². The van der Waals surface area contributed by atoms with Crippen LogP contribution in [0, 0.1) is 11.6 Å². The zero-order valence-electron chi connectivity index (χ0n) is 16.8. The Kier molecular flexibility index (Phi) is 5.90. The van der Waals surface area contributed by atoms with E-state index in [1.165, 1.54) is 30.3 Å². The molecule has 1 spiro atoms. The standard InChI is InChI=1S/C22H20F2N2O6/c23-15-5-6-16(17(24)9-15)13-1-3-14(4-2-13)20(28)25-11-19(27)26-12-22(31-7-8-32-22)10-18(26)21(29)30/h1-6,9,18H,7-8,10-12H2,(H,25,28)(H,29,30). The van der Waals surface area contributed by atoms with E-state index in [9.17, 15) is 28.3 Å². The molecule has 2 amide bonds. The number of aliphatic carboxylic acids is 1. The summed E-state index contributed by atoms with van der Waals surface area (Å²) < 4.78 is 38.0. The van der Waals surface area contributed by atoms with E-state index < -0.39 is 47.8 Å². The average molecular weight is 446 g/mol. The van der Waals surface area contributed by atoms with Crippen LogP contribution in [0.2, 0.25) is 0 Å². The highest BCUT2D eigenvalue weighted by Gasteiger charge is 2.52. The van der Waals surface area contributed by atoms with Crippen LogP contribution in [0.5, 0.6) is 0 Å². The maximum absolute atomic E-state index is 13.9. The average Bonchev–Trinajstić information content (AvgIpc) is 3.39. The molecule has 1 atom stereocenters. The van der Waals surface area contributed by atoms with Crippen molar-refractivity contribution in [2.45, 2.75) is 18.2 Å². The minimum absolute atomic E-state index is 0.0173. The van der Waals surface area contributed by atoms with Gasteiger partial charge in [0, 0.05) is 23.6 Å². The number of nitrogens with one attached hydrogen (secondary N) is 1. The van der Waals surface area contributed by atoms with Crippen molar-refractivity contribution in [2.24, 2.45) is 0 Å². The summed E-state index contributed by atoms with van der Waals surface area (Å²) in [6.07, 6.45) is 0.0173. The van der Waals surface area contributed by atoms with Gasteiger partial charge in [0.05, 0.1) is 26.3 Å². The predicted octanol–water partition coefficient (Wildman–Crippen LogP) is 1.79. The molecule has 32 heavy (non-hydrogen) atoms. The van der Waals surface area contributed by atoms with Crippen LogP contribution in [0.1, 0.15) is 16.8 Å². The number of likely N-dealkylation sites (tertiary alicyclic amines) is 1. The van der Waals surface area contributed by atoms with Crippen molar-refractivity contribution in [3.05, 3.63) is 59.7 Å². The molecule has 2 aliphatic rings. The quantitative estimate of drug-likeness (QED) is 0.726. The van der Waals surface area contributed by atoms with Crippen LogP contribution in [0.3, 0.4) is 0 Å². The highest BCUT2D eigenvalue weighted by Crippen LogP contribution is 2.34. The van der Waals surface area contributed by atoms with Gasteiger partial charge in [-0.05, 0) is 29.8 Å². The summed E-state index contributed by atoms with van der Waals surface area (Å²) in [6, 6.07) is 8.01. The molecule has 2 aromatic carbocycles. The number of hydrogen-bond acceptors (Lipinski definition) is 5. The zero-order chi connectivity index (χ0) is 22.9. The first kappa shape index (κ1) is 21.8. The third kappa shape index (κ3) is 4.32. The number of carbonyl (C=O) groups is 3. The Labute approximate surface area is 181 Å². The highest BCUT2D eigenvalue weighted by molar-refractivity contribution is 5.97. The number of nitrogens with zero attached hydrogens (tertiary/aromatic N) is 1. The van der Waals surface area contributed by atoms with Crippen LogP contribution in [-0.2, 0) is 19.1 Å². The fraction of sp³-hybridized carbons (Fsp3) is 0.318. The molecule has 0 radical (unpaired) electrons. The Morgan fingerprint density at radius 3 is 2.41 bits per heavy atom. The molecule has 4 rings (SSSR count). The first-order chi connectivity index (χ1) is 15.3. The maximum atomic E-state index is 13.9. The van der Waals surface area contributed by atoms with Gasteiger partial charge in [-0.3, -0.25) is 9.59 Å². The Bertz CT molecular complexity index is 1050. The van der Waals surface area contributed by atoms with E-state index in [1.807, 2.05) is 0 Å². The molecule has 168 valence electrons. The van der Waals surface area contributed by atoms with Gasteiger partial charge in [0.2, 0.25) is 5.91 Å². The molecule has 1 unspecified atom stereocenters. The van der Waals surface area contributed by atoms with Gasteiger partial charge in [0.1, 0.15) is 17.7 Å². The van der Waals surface area contributed by atoms with Gasteiger partial charge in [-0.25, -0.2) is 13.6 Å². The maximum Gasteiger partial charge on any atom is 0.326 e. The molecule has 2 saturated heterocycles. The van der Waals surface area contributed by atoms with Gasteiger partial charge in [-0.2, -0.15) is 0 Å². The van der Waals surface area contributed by atoms with E-state index in [4.69, 9.17) is 9.47 Å². The Morgan fingerprint density at radius 2 is 1.78 bits per heavy atom. The molecule has 2 heterocycles. The van der Waals surface area contributed by atoms with E-state index in [-0.39, 0.29) is 24.1 Å². The van der Waals surface area contributed by atoms with Crippen molar-refractivity contribution in [1.82, 2.24) is 10.2 Å². The van der Waals surface area contributed by atoms with Gasteiger partial charge in [-0.1, -0.05) is 12.1 Å². The lowest BCUT2D eigenvalue weighted by Crippen LogP contribution is -2.46. The molecule has 2 aliphatic heterocycles. The van der Waals surface area contributed by atoms with Gasteiger partial charge < -0.3 is 24.8 Å². The molecule has 0 bridgehead atoms. The molecule has 0 saturated carbocycles. The number of carboxylic acid groups (broad SMARTS) is 1. The van der Waals surface area contributed by atoms with Gasteiger partial charge in [-0.15, -0.1) is 0 Å². The topological polar surface area (TPSA) is 105 Å². The number of benzene rings is 2. The van der Waals surface area contributed by atoms with Crippen molar-refractivity contribution in [3.8, 4) is 11.1 Å². The molecule has 0 aliphatic carbocycles. The van der Waals surface area contributed by atoms with Crippen molar-refractivity contribution >= 4 is 17.8 Å². The molecule has 0 aromatic heterocycles. The minimum Gasteiger partial charge on any atom is -0.480 e. The number of halogens is 2. The number of ether oxygens (including phenoxy) is 2. The number of amides is 2. The van der Waals surface area contributed by atoms with E-state index in [0.29, 0.717) is 18.8 Å². The fourth-order valence-corrected chi connectivity index (χ4v) is 3.91. The summed E-state index contributed by atoms with van der Waals surface area (Å²) in [4.78, 5) is 37.7. The van der Waals surface area contributed by atoms with E-state index in [2.05, 4.69) is 5.32 Å². The third-order valence-corrected chi connectivity index (χ3v) is 5.50. The second-order valence-electron chi connectivity index (χ2n) is 7.57. The SMILES string of the molecule is O=C(NCC(=O)N1CC2(CC1C(=O)O)OCCO2)c1ccc(-c2ccc(F)cc2F)cc1. The lowest BCUT2D eigenvalue weighted by molar-refractivity contribution is -0.152. The lowest BCUT2D eigenvalue weighted by atomic mass is 10.0. The van der Waals surface area contributed by atoms with Crippen molar-refractivity contribution in [3.63, 3.8) is 0 Å².